The van der Waals surface area contributed by atoms with Crippen LogP contribution in [0, 0.1) is 0 Å². The van der Waals surface area contributed by atoms with E-state index in [0.717, 1.165) is 12.8 Å². The molecule has 2 N–H and O–H groups in total. The van der Waals surface area contributed by atoms with Crippen LogP contribution in [0.25, 0.3) is 0 Å². The standard InChI is InChI=1S/C13H22N2O5/c1-4-6-7-14-13(18)15-11(16)9-20-12(17)10(3)19-8-5-2/h5,10H,2,4,6-9H2,1,3H3,(H2,14,15,16,18). The molecular weight excluding hydrogens is 264 g/mol. The van der Waals surface area contributed by atoms with Gasteiger partial charge in [0.2, 0.25) is 0 Å². The van der Waals surface area contributed by atoms with E-state index in [1.807, 2.05) is 6.92 Å². The summed E-state index contributed by atoms with van der Waals surface area (Å²) >= 11 is 0. The van der Waals surface area contributed by atoms with Gasteiger partial charge in [0.25, 0.3) is 5.91 Å². The van der Waals surface area contributed by atoms with E-state index in [-0.39, 0.29) is 6.61 Å². The molecule has 0 aliphatic heterocycles. The van der Waals surface area contributed by atoms with Gasteiger partial charge in [-0.1, -0.05) is 19.4 Å². The minimum absolute atomic E-state index is 0.211. The molecule has 0 aliphatic carbocycles. The topological polar surface area (TPSA) is 93.7 Å². The number of ether oxygens (including phenoxy) is 2. The molecule has 1 unspecified atom stereocenters. The molecule has 114 valence electrons. The zero-order valence-corrected chi connectivity index (χ0v) is 11.9. The Kier molecular flexibility index (Phi) is 9.94. The fraction of sp³-hybridized carbons (Fsp3) is 0.615. The Hall–Kier alpha value is -1.89. The molecule has 3 amide bonds. The van der Waals surface area contributed by atoms with Gasteiger partial charge in [-0.25, -0.2) is 9.59 Å². The highest BCUT2D eigenvalue weighted by atomic mass is 16.6. The maximum Gasteiger partial charge on any atom is 0.335 e. The lowest BCUT2D eigenvalue weighted by molar-refractivity contribution is -0.158. The molecule has 0 aromatic carbocycles. The zero-order chi connectivity index (χ0) is 15.4. The van der Waals surface area contributed by atoms with Crippen LogP contribution in [-0.4, -0.2) is 43.8 Å². The highest BCUT2D eigenvalue weighted by molar-refractivity contribution is 5.95. The van der Waals surface area contributed by atoms with Gasteiger partial charge in [-0.2, -0.15) is 0 Å². The van der Waals surface area contributed by atoms with E-state index < -0.39 is 30.6 Å². The minimum Gasteiger partial charge on any atom is -0.454 e. The maximum absolute atomic E-state index is 11.4. The van der Waals surface area contributed by atoms with Crippen molar-refractivity contribution in [3.05, 3.63) is 12.7 Å². The van der Waals surface area contributed by atoms with Crippen molar-refractivity contribution in [2.75, 3.05) is 19.8 Å². The Labute approximate surface area is 118 Å². The Balaban J connectivity index is 3.83. The van der Waals surface area contributed by atoms with Crippen molar-refractivity contribution < 1.29 is 23.9 Å². The summed E-state index contributed by atoms with van der Waals surface area (Å²) in [7, 11) is 0. The summed E-state index contributed by atoms with van der Waals surface area (Å²) in [5, 5.41) is 4.56. The van der Waals surface area contributed by atoms with Gasteiger partial charge in [0.1, 0.15) is 0 Å². The Morgan fingerprint density at radius 3 is 2.65 bits per heavy atom. The molecule has 0 aromatic heterocycles. The van der Waals surface area contributed by atoms with Gasteiger partial charge in [0.05, 0.1) is 6.61 Å². The summed E-state index contributed by atoms with van der Waals surface area (Å²) in [5.74, 6) is -1.36. The quantitative estimate of drug-likeness (QED) is 0.370. The monoisotopic (exact) mass is 286 g/mol. The van der Waals surface area contributed by atoms with E-state index in [4.69, 9.17) is 9.47 Å². The van der Waals surface area contributed by atoms with Crippen molar-refractivity contribution in [3.63, 3.8) is 0 Å². The van der Waals surface area contributed by atoms with Gasteiger partial charge >= 0.3 is 12.0 Å². The van der Waals surface area contributed by atoms with Crippen molar-refractivity contribution in [2.45, 2.75) is 32.8 Å². The number of rotatable bonds is 9. The number of carbonyl (C=O) groups is 3. The lowest BCUT2D eigenvalue weighted by Gasteiger charge is -2.11. The highest BCUT2D eigenvalue weighted by Gasteiger charge is 2.16. The summed E-state index contributed by atoms with van der Waals surface area (Å²) < 4.78 is 9.73. The van der Waals surface area contributed by atoms with Crippen molar-refractivity contribution in [1.29, 1.82) is 0 Å². The third-order valence-electron chi connectivity index (χ3n) is 2.21. The number of esters is 1. The summed E-state index contributed by atoms with van der Waals surface area (Å²) in [6.07, 6.45) is 2.47. The largest absolute Gasteiger partial charge is 0.454 e. The van der Waals surface area contributed by atoms with Crippen LogP contribution in [0.4, 0.5) is 4.79 Å². The lowest BCUT2D eigenvalue weighted by Crippen LogP contribution is -2.42. The lowest BCUT2D eigenvalue weighted by atomic mass is 10.3. The van der Waals surface area contributed by atoms with E-state index >= 15 is 0 Å². The molecule has 0 saturated heterocycles. The number of hydrogen-bond acceptors (Lipinski definition) is 5. The van der Waals surface area contributed by atoms with E-state index in [1.165, 1.54) is 13.0 Å². The van der Waals surface area contributed by atoms with Crippen molar-refractivity contribution in [1.82, 2.24) is 10.6 Å². The third kappa shape index (κ3) is 9.09. The van der Waals surface area contributed by atoms with Gasteiger partial charge in [0, 0.05) is 6.54 Å². The first-order valence-corrected chi connectivity index (χ1v) is 6.48. The minimum atomic E-state index is -0.792. The summed E-state index contributed by atoms with van der Waals surface area (Å²) in [5.41, 5.74) is 0. The number of hydrogen-bond donors (Lipinski definition) is 2. The second-order valence-electron chi connectivity index (χ2n) is 4.03. The number of urea groups is 1. The molecule has 0 spiro atoms. The predicted octanol–water partition coefficient (Wildman–Crippen LogP) is 0.747. The molecule has 7 heteroatoms. The van der Waals surface area contributed by atoms with Crippen LogP contribution >= 0.6 is 0 Å². The Morgan fingerprint density at radius 1 is 1.35 bits per heavy atom. The number of carbonyl (C=O) groups excluding carboxylic acids is 3. The fourth-order valence-electron chi connectivity index (χ4n) is 1.12. The first kappa shape index (κ1) is 18.1. The first-order chi connectivity index (χ1) is 9.51. The number of unbranched alkanes of at least 4 members (excludes halogenated alkanes) is 1. The molecule has 20 heavy (non-hydrogen) atoms. The SMILES string of the molecule is C=CCOC(C)C(=O)OCC(=O)NC(=O)NCCCC. The van der Waals surface area contributed by atoms with Crippen LogP contribution < -0.4 is 10.6 Å². The molecular formula is C13H22N2O5. The summed E-state index contributed by atoms with van der Waals surface area (Å²) in [4.78, 5) is 33.9. The Bertz CT molecular complexity index is 344. The number of imide groups is 1. The van der Waals surface area contributed by atoms with E-state index in [0.29, 0.717) is 6.54 Å². The van der Waals surface area contributed by atoms with Gasteiger partial charge in [0.15, 0.2) is 12.7 Å². The average molecular weight is 286 g/mol. The molecule has 0 saturated carbocycles. The maximum atomic E-state index is 11.4. The molecule has 7 nitrogen and oxygen atoms in total. The van der Waals surface area contributed by atoms with Gasteiger partial charge < -0.3 is 14.8 Å². The van der Waals surface area contributed by atoms with Crippen LogP contribution in [0.3, 0.4) is 0 Å². The van der Waals surface area contributed by atoms with Crippen molar-refractivity contribution in [2.24, 2.45) is 0 Å². The third-order valence-corrected chi connectivity index (χ3v) is 2.21. The predicted molar refractivity (Wildman–Crippen MR) is 73.0 cm³/mol. The first-order valence-electron chi connectivity index (χ1n) is 6.48. The molecule has 0 rings (SSSR count). The fourth-order valence-corrected chi connectivity index (χ4v) is 1.12. The Morgan fingerprint density at radius 2 is 2.05 bits per heavy atom. The molecule has 1 atom stereocenters. The van der Waals surface area contributed by atoms with Crippen LogP contribution in [0.15, 0.2) is 12.7 Å². The van der Waals surface area contributed by atoms with Crippen molar-refractivity contribution >= 4 is 17.9 Å². The van der Waals surface area contributed by atoms with Gasteiger partial charge in [-0.05, 0) is 13.3 Å². The zero-order valence-electron chi connectivity index (χ0n) is 11.9. The second kappa shape index (κ2) is 11.0. The normalized spacial score (nSPS) is 11.3. The summed E-state index contributed by atoms with van der Waals surface area (Å²) in [6, 6.07) is -0.601. The molecule has 0 heterocycles. The van der Waals surface area contributed by atoms with Crippen molar-refractivity contribution in [3.8, 4) is 0 Å². The average Bonchev–Trinajstić information content (AvgIpc) is 2.42. The number of nitrogens with one attached hydrogen (secondary N) is 2. The highest BCUT2D eigenvalue weighted by Crippen LogP contribution is 1.94. The smallest absolute Gasteiger partial charge is 0.335 e. The van der Waals surface area contributed by atoms with E-state index in [1.54, 1.807) is 0 Å². The van der Waals surface area contributed by atoms with Crippen LogP contribution in [0.5, 0.6) is 0 Å². The van der Waals surface area contributed by atoms with E-state index in [2.05, 4.69) is 17.2 Å². The molecule has 0 radical (unpaired) electrons. The van der Waals surface area contributed by atoms with Crippen LogP contribution in [0.2, 0.25) is 0 Å². The molecule has 0 aliphatic rings. The van der Waals surface area contributed by atoms with Crippen LogP contribution in [-0.2, 0) is 19.1 Å². The van der Waals surface area contributed by atoms with E-state index in [9.17, 15) is 14.4 Å². The molecule has 0 fully saturated rings. The van der Waals surface area contributed by atoms with Gasteiger partial charge in [-0.3, -0.25) is 10.1 Å². The molecule has 0 bridgehead atoms. The number of amides is 3. The van der Waals surface area contributed by atoms with Gasteiger partial charge in [-0.15, -0.1) is 6.58 Å². The second-order valence-corrected chi connectivity index (χ2v) is 4.03. The summed E-state index contributed by atoms with van der Waals surface area (Å²) in [6.45, 7) is 7.10. The van der Waals surface area contributed by atoms with Crippen LogP contribution in [0.1, 0.15) is 26.7 Å². The molecule has 0 aromatic rings.